The van der Waals surface area contributed by atoms with Crippen LogP contribution >= 0.6 is 11.3 Å². The van der Waals surface area contributed by atoms with Crippen molar-refractivity contribution in [3.05, 3.63) is 48.0 Å². The first-order chi connectivity index (χ1) is 14.7. The Kier molecular flexibility index (Phi) is 6.76. The van der Waals surface area contributed by atoms with E-state index in [4.69, 9.17) is 4.74 Å². The van der Waals surface area contributed by atoms with Crippen LogP contribution in [0.25, 0.3) is 10.2 Å². The first-order valence-corrected chi connectivity index (χ1v) is 11.7. The predicted molar refractivity (Wildman–Crippen MR) is 120 cm³/mol. The molecule has 0 spiro atoms. The lowest BCUT2D eigenvalue weighted by Crippen LogP contribution is -2.41. The van der Waals surface area contributed by atoms with Crippen molar-refractivity contribution in [2.75, 3.05) is 16.6 Å². The molecule has 0 aliphatic carbocycles. The van der Waals surface area contributed by atoms with Gasteiger partial charge in [-0.1, -0.05) is 29.0 Å². The molecule has 164 valence electrons. The Bertz CT molecular complexity index is 1210. The average molecular weight is 463 g/mol. The molecule has 0 bridgehead atoms. The summed E-state index contributed by atoms with van der Waals surface area (Å²) in [5.41, 5.74) is 2.01. The van der Waals surface area contributed by atoms with Gasteiger partial charge in [0.1, 0.15) is 6.04 Å². The van der Waals surface area contributed by atoms with Gasteiger partial charge in [-0.15, -0.1) is 0 Å². The van der Waals surface area contributed by atoms with Gasteiger partial charge in [0.2, 0.25) is 0 Å². The third-order valence-electron chi connectivity index (χ3n) is 4.19. The highest BCUT2D eigenvalue weighted by atomic mass is 32.2. The SMILES string of the molecule is CCOC(=O)C(C)NC(=O)Nc1ccc2nc(NS(=O)(=O)c3ccc(C)cc3)sc2c1. The Labute approximate surface area is 183 Å². The Hall–Kier alpha value is -3.18. The summed E-state index contributed by atoms with van der Waals surface area (Å²) in [5, 5.41) is 5.34. The minimum atomic E-state index is -3.76. The summed E-state index contributed by atoms with van der Waals surface area (Å²) in [7, 11) is -3.76. The molecule has 0 saturated carbocycles. The lowest BCUT2D eigenvalue weighted by molar-refractivity contribution is -0.144. The molecule has 0 aliphatic heterocycles. The summed E-state index contributed by atoms with van der Waals surface area (Å²) in [6.07, 6.45) is 0. The van der Waals surface area contributed by atoms with Gasteiger partial charge < -0.3 is 15.4 Å². The molecule has 3 N–H and O–H groups in total. The fourth-order valence-electron chi connectivity index (χ4n) is 2.63. The normalized spacial score (nSPS) is 12.2. The van der Waals surface area contributed by atoms with Gasteiger partial charge in [0.05, 0.1) is 21.7 Å². The number of thiazole rings is 1. The summed E-state index contributed by atoms with van der Waals surface area (Å²) in [4.78, 5) is 28.2. The number of nitrogens with zero attached hydrogens (tertiary/aromatic N) is 1. The molecule has 3 aromatic rings. The Morgan fingerprint density at radius 3 is 2.55 bits per heavy atom. The number of fused-ring (bicyclic) bond motifs is 1. The molecule has 11 heteroatoms. The van der Waals surface area contributed by atoms with Crippen LogP contribution in [0.4, 0.5) is 15.6 Å². The van der Waals surface area contributed by atoms with E-state index in [-0.39, 0.29) is 16.6 Å². The maximum Gasteiger partial charge on any atom is 0.328 e. The molecule has 2 amide bonds. The van der Waals surface area contributed by atoms with E-state index >= 15 is 0 Å². The molecule has 0 radical (unpaired) electrons. The number of carbonyl (C=O) groups is 2. The molecule has 1 heterocycles. The van der Waals surface area contributed by atoms with E-state index in [0.717, 1.165) is 16.9 Å². The third-order valence-corrected chi connectivity index (χ3v) is 6.60. The van der Waals surface area contributed by atoms with Crippen LogP contribution in [-0.4, -0.2) is 38.1 Å². The Morgan fingerprint density at radius 1 is 1.16 bits per heavy atom. The van der Waals surface area contributed by atoms with Gasteiger partial charge in [-0.3, -0.25) is 4.72 Å². The second kappa shape index (κ2) is 9.31. The highest BCUT2D eigenvalue weighted by Crippen LogP contribution is 2.30. The van der Waals surface area contributed by atoms with Crippen LogP contribution in [0.5, 0.6) is 0 Å². The van der Waals surface area contributed by atoms with E-state index in [1.54, 1.807) is 37.3 Å². The number of carbonyl (C=O) groups excluding carboxylic acids is 2. The lowest BCUT2D eigenvalue weighted by Gasteiger charge is -2.13. The van der Waals surface area contributed by atoms with Crippen molar-refractivity contribution in [1.82, 2.24) is 10.3 Å². The number of amides is 2. The highest BCUT2D eigenvalue weighted by Gasteiger charge is 2.18. The molecule has 0 aliphatic rings. The van der Waals surface area contributed by atoms with Crippen LogP contribution in [-0.2, 0) is 19.6 Å². The number of benzene rings is 2. The lowest BCUT2D eigenvalue weighted by atomic mass is 10.2. The number of rotatable bonds is 7. The molecule has 3 rings (SSSR count). The molecule has 1 unspecified atom stereocenters. The molecule has 9 nitrogen and oxygen atoms in total. The number of hydrogen-bond acceptors (Lipinski definition) is 7. The summed E-state index contributed by atoms with van der Waals surface area (Å²) in [6.45, 7) is 5.31. The second-order valence-corrected chi connectivity index (χ2v) is 9.41. The van der Waals surface area contributed by atoms with Crippen molar-refractivity contribution in [3.63, 3.8) is 0 Å². The van der Waals surface area contributed by atoms with Crippen LogP contribution in [0.3, 0.4) is 0 Å². The largest absolute Gasteiger partial charge is 0.464 e. The van der Waals surface area contributed by atoms with Crippen molar-refractivity contribution < 1.29 is 22.7 Å². The van der Waals surface area contributed by atoms with Gasteiger partial charge in [-0.05, 0) is 51.1 Å². The molecule has 31 heavy (non-hydrogen) atoms. The molecule has 2 aromatic carbocycles. The summed E-state index contributed by atoms with van der Waals surface area (Å²) < 4.78 is 33.1. The van der Waals surface area contributed by atoms with Crippen LogP contribution < -0.4 is 15.4 Å². The molecule has 0 fully saturated rings. The first-order valence-electron chi connectivity index (χ1n) is 9.42. The van der Waals surface area contributed by atoms with Crippen molar-refractivity contribution >= 4 is 54.4 Å². The van der Waals surface area contributed by atoms with Gasteiger partial charge in [-0.2, -0.15) is 0 Å². The van der Waals surface area contributed by atoms with Crippen molar-refractivity contribution in [2.45, 2.75) is 31.7 Å². The predicted octanol–water partition coefficient (Wildman–Crippen LogP) is 3.48. The zero-order valence-corrected chi connectivity index (χ0v) is 18.8. The highest BCUT2D eigenvalue weighted by molar-refractivity contribution is 7.93. The van der Waals surface area contributed by atoms with Crippen molar-refractivity contribution in [2.24, 2.45) is 0 Å². The van der Waals surface area contributed by atoms with Crippen LogP contribution in [0.2, 0.25) is 0 Å². The number of nitrogens with one attached hydrogen (secondary N) is 3. The van der Waals surface area contributed by atoms with Crippen molar-refractivity contribution in [3.8, 4) is 0 Å². The number of aryl methyl sites for hydroxylation is 1. The molecular formula is C20H22N4O5S2. The van der Waals surface area contributed by atoms with Crippen LogP contribution in [0.15, 0.2) is 47.4 Å². The quantitative estimate of drug-likeness (QED) is 0.462. The standard InChI is InChI=1S/C20H22N4O5S2/c1-4-29-18(25)13(3)21-19(26)22-14-7-10-16-17(11-14)30-20(23-16)24-31(27,28)15-8-5-12(2)6-9-15/h5-11,13H,4H2,1-3H3,(H,23,24)(H2,21,22,26). The number of urea groups is 1. The van der Waals surface area contributed by atoms with E-state index in [1.165, 1.54) is 19.1 Å². The van der Waals surface area contributed by atoms with E-state index in [9.17, 15) is 18.0 Å². The number of esters is 1. The number of aromatic nitrogens is 1. The minimum absolute atomic E-state index is 0.145. The Balaban J connectivity index is 1.70. The van der Waals surface area contributed by atoms with E-state index < -0.39 is 28.1 Å². The van der Waals surface area contributed by atoms with Gasteiger partial charge in [0.15, 0.2) is 5.13 Å². The van der Waals surface area contributed by atoms with Gasteiger partial charge >= 0.3 is 12.0 Å². The fraction of sp³-hybridized carbons (Fsp3) is 0.250. The number of sulfonamides is 1. The monoisotopic (exact) mass is 462 g/mol. The number of ether oxygens (including phenoxy) is 1. The van der Waals surface area contributed by atoms with Crippen LogP contribution in [0.1, 0.15) is 19.4 Å². The summed E-state index contributed by atoms with van der Waals surface area (Å²) in [6, 6.07) is 10.1. The smallest absolute Gasteiger partial charge is 0.328 e. The average Bonchev–Trinajstić information content (AvgIpc) is 3.09. The molecule has 1 aromatic heterocycles. The fourth-order valence-corrected chi connectivity index (χ4v) is 4.77. The zero-order chi connectivity index (χ0) is 22.6. The number of hydrogen-bond donors (Lipinski definition) is 3. The van der Waals surface area contributed by atoms with Crippen LogP contribution in [0, 0.1) is 6.92 Å². The van der Waals surface area contributed by atoms with E-state index in [1.807, 2.05) is 6.92 Å². The summed E-state index contributed by atoms with van der Waals surface area (Å²) >= 11 is 1.14. The number of anilines is 2. The van der Waals surface area contributed by atoms with E-state index in [2.05, 4.69) is 20.3 Å². The molecule has 1 atom stereocenters. The first kappa shape index (κ1) is 22.5. The summed E-state index contributed by atoms with van der Waals surface area (Å²) in [5.74, 6) is -0.527. The van der Waals surface area contributed by atoms with Gasteiger partial charge in [0.25, 0.3) is 10.0 Å². The maximum atomic E-state index is 12.6. The minimum Gasteiger partial charge on any atom is -0.464 e. The maximum absolute atomic E-state index is 12.6. The third kappa shape index (κ3) is 5.70. The second-order valence-electron chi connectivity index (χ2n) is 6.69. The van der Waals surface area contributed by atoms with Crippen molar-refractivity contribution in [1.29, 1.82) is 0 Å². The molecule has 0 saturated heterocycles. The van der Waals surface area contributed by atoms with Gasteiger partial charge in [-0.25, -0.2) is 23.0 Å². The molecular weight excluding hydrogens is 440 g/mol. The zero-order valence-electron chi connectivity index (χ0n) is 17.1. The van der Waals surface area contributed by atoms with Gasteiger partial charge in [0, 0.05) is 5.69 Å². The Morgan fingerprint density at radius 2 is 1.87 bits per heavy atom. The van der Waals surface area contributed by atoms with E-state index in [0.29, 0.717) is 15.9 Å². The topological polar surface area (TPSA) is 126 Å².